The smallest absolute Gasteiger partial charge is 0.150 e. The Morgan fingerprint density at radius 2 is 2.12 bits per heavy atom. The zero-order valence-corrected chi connectivity index (χ0v) is 16.9. The molecule has 4 nitrogen and oxygen atoms in total. The predicted octanol–water partition coefficient (Wildman–Crippen LogP) is 5.05. The zero-order valence-electron chi connectivity index (χ0n) is 15.3. The predicted molar refractivity (Wildman–Crippen MR) is 103 cm³/mol. The van der Waals surface area contributed by atoms with Crippen molar-refractivity contribution in [1.29, 1.82) is 0 Å². The third-order valence-corrected chi connectivity index (χ3v) is 5.37. The molecule has 0 N–H and O–H groups in total. The van der Waals surface area contributed by atoms with Gasteiger partial charge in [0.2, 0.25) is 0 Å². The summed E-state index contributed by atoms with van der Waals surface area (Å²) in [5, 5.41) is 4.19. The SMILES string of the molecule is Cc1ccc(CN(Cc2cc(C(C)C)no2)CC2CCCO2)c(Br)c1. The molecule has 1 aliphatic heterocycles. The minimum absolute atomic E-state index is 0.316. The summed E-state index contributed by atoms with van der Waals surface area (Å²) in [7, 11) is 0. The van der Waals surface area contributed by atoms with Gasteiger partial charge >= 0.3 is 0 Å². The van der Waals surface area contributed by atoms with E-state index in [1.807, 2.05) is 0 Å². The van der Waals surface area contributed by atoms with Crippen LogP contribution in [0, 0.1) is 6.92 Å². The van der Waals surface area contributed by atoms with Crippen molar-refractivity contribution in [3.63, 3.8) is 0 Å². The van der Waals surface area contributed by atoms with Crippen molar-refractivity contribution < 1.29 is 9.26 Å². The number of halogens is 1. The van der Waals surface area contributed by atoms with Gasteiger partial charge in [-0.1, -0.05) is 47.1 Å². The van der Waals surface area contributed by atoms with Gasteiger partial charge in [-0.05, 0) is 42.9 Å². The highest BCUT2D eigenvalue weighted by molar-refractivity contribution is 9.10. The van der Waals surface area contributed by atoms with Crippen LogP contribution in [0.1, 0.15) is 55.2 Å². The fourth-order valence-electron chi connectivity index (χ4n) is 3.18. The van der Waals surface area contributed by atoms with E-state index in [4.69, 9.17) is 9.26 Å². The van der Waals surface area contributed by atoms with Crippen LogP contribution in [0.2, 0.25) is 0 Å². The molecule has 0 bridgehead atoms. The van der Waals surface area contributed by atoms with E-state index in [0.29, 0.717) is 12.0 Å². The summed E-state index contributed by atoms with van der Waals surface area (Å²) in [4.78, 5) is 2.40. The fourth-order valence-corrected chi connectivity index (χ4v) is 3.80. The van der Waals surface area contributed by atoms with Crippen LogP contribution >= 0.6 is 15.9 Å². The summed E-state index contributed by atoms with van der Waals surface area (Å²) in [6.45, 7) is 9.79. The molecule has 2 heterocycles. The number of rotatable bonds is 7. The molecule has 0 saturated carbocycles. The van der Waals surface area contributed by atoms with Crippen LogP contribution in [0.5, 0.6) is 0 Å². The maximum absolute atomic E-state index is 5.85. The number of ether oxygens (including phenoxy) is 1. The first-order chi connectivity index (χ1) is 12.0. The van der Waals surface area contributed by atoms with Gasteiger partial charge in [0.1, 0.15) is 0 Å². The minimum atomic E-state index is 0.316. The van der Waals surface area contributed by atoms with Gasteiger partial charge in [-0.15, -0.1) is 0 Å². The van der Waals surface area contributed by atoms with Crippen molar-refractivity contribution in [2.24, 2.45) is 0 Å². The third-order valence-electron chi connectivity index (χ3n) is 4.64. The minimum Gasteiger partial charge on any atom is -0.377 e. The lowest BCUT2D eigenvalue weighted by atomic mass is 10.1. The Morgan fingerprint density at radius 1 is 1.28 bits per heavy atom. The van der Waals surface area contributed by atoms with E-state index in [9.17, 15) is 0 Å². The first-order valence-corrected chi connectivity index (χ1v) is 9.85. The lowest BCUT2D eigenvalue weighted by Crippen LogP contribution is -2.31. The molecule has 0 amide bonds. The quantitative estimate of drug-likeness (QED) is 0.644. The average molecular weight is 407 g/mol. The van der Waals surface area contributed by atoms with E-state index in [-0.39, 0.29) is 0 Å². The number of aryl methyl sites for hydroxylation is 1. The Hall–Kier alpha value is -1.17. The molecule has 0 radical (unpaired) electrons. The van der Waals surface area contributed by atoms with Gasteiger partial charge in [-0.25, -0.2) is 0 Å². The second-order valence-electron chi connectivity index (χ2n) is 7.27. The molecule has 1 atom stereocenters. The zero-order chi connectivity index (χ0) is 17.8. The molecular formula is C20H27BrN2O2. The van der Waals surface area contributed by atoms with Crippen molar-refractivity contribution in [1.82, 2.24) is 10.1 Å². The molecule has 2 aromatic rings. The van der Waals surface area contributed by atoms with Crippen LogP contribution < -0.4 is 0 Å². The van der Waals surface area contributed by atoms with Crippen LogP contribution in [0.4, 0.5) is 0 Å². The number of benzene rings is 1. The highest BCUT2D eigenvalue weighted by Crippen LogP contribution is 2.23. The largest absolute Gasteiger partial charge is 0.377 e. The molecule has 1 aromatic heterocycles. The normalized spacial score (nSPS) is 17.8. The van der Waals surface area contributed by atoms with Crippen LogP contribution in [0.25, 0.3) is 0 Å². The summed E-state index contributed by atoms with van der Waals surface area (Å²) in [6, 6.07) is 8.61. The Labute approximate surface area is 158 Å². The third kappa shape index (κ3) is 5.16. The van der Waals surface area contributed by atoms with Crippen LogP contribution in [-0.4, -0.2) is 29.3 Å². The van der Waals surface area contributed by atoms with E-state index >= 15 is 0 Å². The highest BCUT2D eigenvalue weighted by atomic mass is 79.9. The Kier molecular flexibility index (Phi) is 6.31. The van der Waals surface area contributed by atoms with Gasteiger partial charge < -0.3 is 9.26 Å². The van der Waals surface area contributed by atoms with E-state index in [0.717, 1.165) is 55.0 Å². The number of hydrogen-bond donors (Lipinski definition) is 0. The van der Waals surface area contributed by atoms with Crippen LogP contribution in [-0.2, 0) is 17.8 Å². The number of nitrogens with zero attached hydrogens (tertiary/aromatic N) is 2. The lowest BCUT2D eigenvalue weighted by Gasteiger charge is -2.24. The molecule has 1 unspecified atom stereocenters. The van der Waals surface area contributed by atoms with E-state index in [2.05, 4.69) is 71.0 Å². The monoisotopic (exact) mass is 406 g/mol. The maximum Gasteiger partial charge on any atom is 0.150 e. The van der Waals surface area contributed by atoms with E-state index < -0.39 is 0 Å². The Morgan fingerprint density at radius 3 is 2.76 bits per heavy atom. The fraction of sp³-hybridized carbons (Fsp3) is 0.550. The molecule has 25 heavy (non-hydrogen) atoms. The van der Waals surface area contributed by atoms with Crippen molar-refractivity contribution in [2.45, 2.75) is 58.7 Å². The first-order valence-electron chi connectivity index (χ1n) is 9.05. The highest BCUT2D eigenvalue weighted by Gasteiger charge is 2.21. The summed E-state index contributed by atoms with van der Waals surface area (Å²) in [5.41, 5.74) is 3.56. The molecule has 1 fully saturated rings. The average Bonchev–Trinajstić information content (AvgIpc) is 3.22. The second kappa shape index (κ2) is 8.47. The summed E-state index contributed by atoms with van der Waals surface area (Å²) < 4.78 is 12.6. The van der Waals surface area contributed by atoms with Gasteiger partial charge in [0, 0.05) is 30.2 Å². The standard InChI is InChI=1S/C20H27BrN2O2/c1-14(2)20-10-18(25-22-20)13-23(12-17-5-4-8-24-17)11-16-7-6-15(3)9-19(16)21/h6-7,9-10,14,17H,4-5,8,11-13H2,1-3H3. The second-order valence-corrected chi connectivity index (χ2v) is 8.13. The molecule has 0 aliphatic carbocycles. The molecular weight excluding hydrogens is 380 g/mol. The van der Waals surface area contributed by atoms with Crippen molar-refractivity contribution >= 4 is 15.9 Å². The van der Waals surface area contributed by atoms with Gasteiger partial charge in [-0.3, -0.25) is 4.90 Å². The first kappa shape index (κ1) is 18.6. The Bertz CT molecular complexity index is 693. The molecule has 136 valence electrons. The summed E-state index contributed by atoms with van der Waals surface area (Å²) >= 11 is 3.70. The molecule has 5 heteroatoms. The summed E-state index contributed by atoms with van der Waals surface area (Å²) in [6.07, 6.45) is 2.61. The maximum atomic E-state index is 5.85. The van der Waals surface area contributed by atoms with Crippen molar-refractivity contribution in [3.8, 4) is 0 Å². The Balaban J connectivity index is 1.73. The van der Waals surface area contributed by atoms with Gasteiger partial charge in [0.25, 0.3) is 0 Å². The van der Waals surface area contributed by atoms with Crippen LogP contribution in [0.3, 0.4) is 0 Å². The van der Waals surface area contributed by atoms with Gasteiger partial charge in [0.05, 0.1) is 18.3 Å². The molecule has 0 spiro atoms. The van der Waals surface area contributed by atoms with E-state index in [1.165, 1.54) is 11.1 Å². The molecule has 1 saturated heterocycles. The molecule has 1 aromatic carbocycles. The molecule has 3 rings (SSSR count). The van der Waals surface area contributed by atoms with Crippen molar-refractivity contribution in [2.75, 3.05) is 13.2 Å². The number of hydrogen-bond acceptors (Lipinski definition) is 4. The summed E-state index contributed by atoms with van der Waals surface area (Å²) in [5.74, 6) is 1.31. The lowest BCUT2D eigenvalue weighted by molar-refractivity contribution is 0.0646. The van der Waals surface area contributed by atoms with Gasteiger partial charge in [-0.2, -0.15) is 0 Å². The number of aromatic nitrogens is 1. The van der Waals surface area contributed by atoms with E-state index in [1.54, 1.807) is 0 Å². The van der Waals surface area contributed by atoms with Gasteiger partial charge in [0.15, 0.2) is 5.76 Å². The van der Waals surface area contributed by atoms with Crippen molar-refractivity contribution in [3.05, 3.63) is 51.3 Å². The topological polar surface area (TPSA) is 38.5 Å². The molecule has 1 aliphatic rings. The van der Waals surface area contributed by atoms with Crippen LogP contribution in [0.15, 0.2) is 33.3 Å².